The fourth-order valence-electron chi connectivity index (χ4n) is 3.73. The van der Waals surface area contributed by atoms with Crippen LogP contribution in [0.1, 0.15) is 37.7 Å². The van der Waals surface area contributed by atoms with Crippen molar-refractivity contribution in [1.82, 2.24) is 15.5 Å². The average Bonchev–Trinajstić information content (AvgIpc) is 3.33. The third-order valence-electron chi connectivity index (χ3n) is 5.21. The fourth-order valence-corrected chi connectivity index (χ4v) is 3.94. The Morgan fingerprint density at radius 1 is 1.33 bits per heavy atom. The Hall–Kier alpha value is -1.09. The molecule has 5 nitrogen and oxygen atoms in total. The molecule has 1 amide bonds. The fraction of sp³-hybridized carbons (Fsp3) is 0.579. The number of amides is 1. The number of nitrogens with one attached hydrogen (secondary N) is 2. The first-order chi connectivity index (χ1) is 12.6. The molecule has 0 bridgehead atoms. The molecule has 0 radical (unpaired) electrons. The number of hydrogen-bond donors (Lipinski definition) is 2. The van der Waals surface area contributed by atoms with E-state index in [1.165, 1.54) is 18.9 Å². The molecule has 2 N–H and O–H groups in total. The summed E-state index contributed by atoms with van der Waals surface area (Å²) in [4.78, 5) is 18.8. The molecule has 3 rings (SSSR count). The van der Waals surface area contributed by atoms with Crippen LogP contribution in [-0.2, 0) is 11.3 Å². The van der Waals surface area contributed by atoms with Gasteiger partial charge in [0.1, 0.15) is 5.82 Å². The molecule has 0 aromatic heterocycles. The molecule has 1 aliphatic heterocycles. The van der Waals surface area contributed by atoms with Crippen LogP contribution in [0.25, 0.3) is 0 Å². The van der Waals surface area contributed by atoms with Crippen molar-refractivity contribution in [2.24, 2.45) is 10.9 Å². The number of nitrogens with zero attached hydrogens (tertiary/aromatic N) is 2. The summed E-state index contributed by atoms with van der Waals surface area (Å²) >= 11 is 5.81. The molecule has 1 saturated carbocycles. The summed E-state index contributed by atoms with van der Waals surface area (Å²) in [6, 6.07) is 4.86. The zero-order chi connectivity index (χ0) is 18.5. The van der Waals surface area contributed by atoms with E-state index in [0.717, 1.165) is 37.9 Å². The lowest BCUT2D eigenvalue weighted by Gasteiger charge is -2.21. The summed E-state index contributed by atoms with van der Waals surface area (Å²) in [6.45, 7) is 2.02. The van der Waals surface area contributed by atoms with Crippen LogP contribution >= 0.6 is 35.6 Å². The van der Waals surface area contributed by atoms with Crippen LogP contribution in [0.15, 0.2) is 23.2 Å². The van der Waals surface area contributed by atoms with Crippen molar-refractivity contribution in [3.63, 3.8) is 0 Å². The SMILES string of the molecule is CN=C(NCc1ccc(F)c(Cl)c1)NC1CCN(C(=O)C2CCCC2)C1.I. The van der Waals surface area contributed by atoms with E-state index in [2.05, 4.69) is 15.6 Å². The summed E-state index contributed by atoms with van der Waals surface area (Å²) in [5.41, 5.74) is 0.879. The lowest BCUT2D eigenvalue weighted by atomic mass is 10.1. The summed E-state index contributed by atoms with van der Waals surface area (Å²) in [7, 11) is 1.71. The maximum atomic E-state index is 13.2. The highest BCUT2D eigenvalue weighted by molar-refractivity contribution is 14.0. The van der Waals surface area contributed by atoms with Crippen LogP contribution < -0.4 is 10.6 Å². The van der Waals surface area contributed by atoms with Gasteiger partial charge in [0.15, 0.2) is 5.96 Å². The Labute approximate surface area is 182 Å². The van der Waals surface area contributed by atoms with Gasteiger partial charge in [0, 0.05) is 38.6 Å². The third-order valence-corrected chi connectivity index (χ3v) is 5.50. The number of benzene rings is 1. The minimum absolute atomic E-state index is 0. The average molecular weight is 509 g/mol. The summed E-state index contributed by atoms with van der Waals surface area (Å²) < 4.78 is 13.2. The van der Waals surface area contributed by atoms with E-state index >= 15 is 0 Å². The van der Waals surface area contributed by atoms with Crippen LogP contribution in [0, 0.1) is 11.7 Å². The Balaban J connectivity index is 0.00000261. The van der Waals surface area contributed by atoms with Crippen molar-refractivity contribution in [2.75, 3.05) is 20.1 Å². The minimum Gasteiger partial charge on any atom is -0.352 e. The number of carbonyl (C=O) groups is 1. The van der Waals surface area contributed by atoms with Crippen molar-refractivity contribution in [3.05, 3.63) is 34.6 Å². The van der Waals surface area contributed by atoms with E-state index in [1.807, 2.05) is 4.90 Å². The van der Waals surface area contributed by atoms with Gasteiger partial charge in [-0.15, -0.1) is 24.0 Å². The molecule has 2 fully saturated rings. The highest BCUT2D eigenvalue weighted by atomic mass is 127. The normalized spacial score (nSPS) is 20.5. The summed E-state index contributed by atoms with van der Waals surface area (Å²) in [6.07, 6.45) is 5.35. The molecule has 1 aromatic rings. The topological polar surface area (TPSA) is 56.7 Å². The van der Waals surface area contributed by atoms with Gasteiger partial charge in [0.25, 0.3) is 0 Å². The summed E-state index contributed by atoms with van der Waals surface area (Å²) in [5.74, 6) is 0.798. The molecule has 0 spiro atoms. The first-order valence-electron chi connectivity index (χ1n) is 9.26. The van der Waals surface area contributed by atoms with Crippen molar-refractivity contribution in [1.29, 1.82) is 0 Å². The lowest BCUT2D eigenvalue weighted by Crippen LogP contribution is -2.45. The van der Waals surface area contributed by atoms with E-state index in [0.29, 0.717) is 18.4 Å². The van der Waals surface area contributed by atoms with Crippen LogP contribution in [0.4, 0.5) is 4.39 Å². The number of halogens is 3. The van der Waals surface area contributed by atoms with Gasteiger partial charge in [-0.25, -0.2) is 4.39 Å². The zero-order valence-electron chi connectivity index (χ0n) is 15.5. The van der Waals surface area contributed by atoms with Gasteiger partial charge < -0.3 is 15.5 Å². The smallest absolute Gasteiger partial charge is 0.225 e. The Morgan fingerprint density at radius 3 is 2.74 bits per heavy atom. The van der Waals surface area contributed by atoms with Crippen LogP contribution in [0.3, 0.4) is 0 Å². The zero-order valence-corrected chi connectivity index (χ0v) is 18.6. The van der Waals surface area contributed by atoms with Crippen LogP contribution in [0.2, 0.25) is 5.02 Å². The second kappa shape index (κ2) is 10.5. The molecule has 1 atom stereocenters. The third kappa shape index (κ3) is 5.94. The first kappa shape index (κ1) is 22.2. The quantitative estimate of drug-likeness (QED) is 0.372. The highest BCUT2D eigenvalue weighted by Gasteiger charge is 2.32. The van der Waals surface area contributed by atoms with Gasteiger partial charge in [-0.2, -0.15) is 0 Å². The number of carbonyl (C=O) groups excluding carboxylic acids is 1. The first-order valence-corrected chi connectivity index (χ1v) is 9.64. The molecule has 1 aliphatic carbocycles. The molecule has 2 aliphatic rings. The van der Waals surface area contributed by atoms with E-state index in [1.54, 1.807) is 19.2 Å². The molecule has 1 unspecified atom stereocenters. The predicted octanol–water partition coefficient (Wildman–Crippen LogP) is 3.55. The van der Waals surface area contributed by atoms with Gasteiger partial charge in [0.05, 0.1) is 5.02 Å². The Morgan fingerprint density at radius 2 is 2.07 bits per heavy atom. The standard InChI is InChI=1S/C19H26ClFN4O.HI/c1-22-19(23-11-13-6-7-17(21)16(20)10-13)24-15-8-9-25(12-15)18(26)14-4-2-3-5-14;/h6-7,10,14-15H,2-5,8-9,11-12H2,1H3,(H2,22,23,24);1H. The largest absolute Gasteiger partial charge is 0.352 e. The number of hydrogen-bond acceptors (Lipinski definition) is 2. The monoisotopic (exact) mass is 508 g/mol. The Bertz CT molecular complexity index is 682. The molecule has 1 heterocycles. The second-order valence-corrected chi connectivity index (χ2v) is 7.48. The van der Waals surface area contributed by atoms with Gasteiger partial charge in [-0.05, 0) is 37.0 Å². The van der Waals surface area contributed by atoms with E-state index in [9.17, 15) is 9.18 Å². The van der Waals surface area contributed by atoms with Crippen LogP contribution in [-0.4, -0.2) is 42.9 Å². The predicted molar refractivity (Wildman–Crippen MR) is 117 cm³/mol. The van der Waals surface area contributed by atoms with E-state index in [-0.39, 0.29) is 41.0 Å². The van der Waals surface area contributed by atoms with Gasteiger partial charge in [-0.1, -0.05) is 30.5 Å². The van der Waals surface area contributed by atoms with Gasteiger partial charge >= 0.3 is 0 Å². The minimum atomic E-state index is -0.420. The highest BCUT2D eigenvalue weighted by Crippen LogP contribution is 2.27. The molecule has 27 heavy (non-hydrogen) atoms. The van der Waals surface area contributed by atoms with E-state index in [4.69, 9.17) is 11.6 Å². The van der Waals surface area contributed by atoms with E-state index < -0.39 is 5.82 Å². The van der Waals surface area contributed by atoms with Crippen molar-refractivity contribution in [2.45, 2.75) is 44.7 Å². The summed E-state index contributed by atoms with van der Waals surface area (Å²) in [5, 5.41) is 6.70. The maximum Gasteiger partial charge on any atom is 0.225 e. The number of likely N-dealkylation sites (tertiary alicyclic amines) is 1. The Kier molecular flexibility index (Phi) is 8.60. The maximum absolute atomic E-state index is 13.2. The van der Waals surface area contributed by atoms with Crippen molar-refractivity contribution < 1.29 is 9.18 Å². The molecule has 150 valence electrons. The lowest BCUT2D eigenvalue weighted by molar-refractivity contribution is -0.134. The number of guanidine groups is 1. The molecular formula is C19H27ClFIN4O. The van der Waals surface area contributed by atoms with Gasteiger partial charge in [-0.3, -0.25) is 9.79 Å². The van der Waals surface area contributed by atoms with Crippen molar-refractivity contribution in [3.8, 4) is 0 Å². The molecular weight excluding hydrogens is 482 g/mol. The van der Waals surface area contributed by atoms with Crippen LogP contribution in [0.5, 0.6) is 0 Å². The molecule has 8 heteroatoms. The number of rotatable bonds is 4. The molecule has 1 saturated heterocycles. The van der Waals surface area contributed by atoms with Gasteiger partial charge in [0.2, 0.25) is 5.91 Å². The number of aliphatic imine (C=N–C) groups is 1. The second-order valence-electron chi connectivity index (χ2n) is 7.07. The molecule has 1 aromatic carbocycles. The van der Waals surface area contributed by atoms with Crippen molar-refractivity contribution >= 4 is 47.4 Å².